The number of aromatic nitrogens is 4. The number of nitrogens with one attached hydrogen (secondary N) is 1. The average Bonchev–Trinajstić information content (AvgIpc) is 3.35. The van der Waals surface area contributed by atoms with Gasteiger partial charge in [0.25, 0.3) is 5.89 Å². The number of H-pyrrole nitrogens is 1. The first-order valence-electron chi connectivity index (χ1n) is 7.53. The monoisotopic (exact) mass is 484 g/mol. The summed E-state index contributed by atoms with van der Waals surface area (Å²) in [7, 11) is -3.62. The minimum Gasteiger partial charge on any atom is -0.418 e. The summed E-state index contributed by atoms with van der Waals surface area (Å²) in [5.74, 6) is -0.269. The number of hydrogen-bond acceptors (Lipinski definition) is 7. The van der Waals surface area contributed by atoms with E-state index in [1.165, 1.54) is 24.3 Å². The largest absolute Gasteiger partial charge is 0.418 e. The maximum Gasteiger partial charge on any atom is 0.268 e. The van der Waals surface area contributed by atoms with Gasteiger partial charge in [0.05, 0.1) is 19.3 Å². The highest BCUT2D eigenvalue weighted by Gasteiger charge is 2.21. The molecule has 1 aromatic carbocycles. The van der Waals surface area contributed by atoms with E-state index >= 15 is 0 Å². The molecule has 0 saturated heterocycles. The smallest absolute Gasteiger partial charge is 0.268 e. The second-order valence-electron chi connectivity index (χ2n) is 5.48. The molecule has 1 N–H and O–H groups in total. The molecular formula is C16H10BrClN4O3S2. The normalized spacial score (nSPS) is 11.8. The third kappa shape index (κ3) is 3.98. The Balaban J connectivity index is 1.55. The van der Waals surface area contributed by atoms with Gasteiger partial charge in [-0.2, -0.15) is 5.10 Å². The summed E-state index contributed by atoms with van der Waals surface area (Å²) in [5, 5.41) is 15.2. The number of aromatic amines is 1. The molecule has 4 rings (SSSR count). The lowest BCUT2D eigenvalue weighted by atomic mass is 10.3. The molecule has 0 unspecified atom stereocenters. The predicted molar refractivity (Wildman–Crippen MR) is 105 cm³/mol. The van der Waals surface area contributed by atoms with E-state index in [9.17, 15) is 8.42 Å². The van der Waals surface area contributed by atoms with E-state index in [4.69, 9.17) is 16.0 Å². The number of nitrogens with zero attached hydrogens (tertiary/aromatic N) is 3. The zero-order valence-electron chi connectivity index (χ0n) is 13.4. The van der Waals surface area contributed by atoms with Crippen LogP contribution in [0.15, 0.2) is 55.6 Å². The van der Waals surface area contributed by atoms with Crippen molar-refractivity contribution in [3.8, 4) is 22.2 Å². The van der Waals surface area contributed by atoms with E-state index in [-0.39, 0.29) is 16.7 Å². The molecule has 27 heavy (non-hydrogen) atoms. The summed E-state index contributed by atoms with van der Waals surface area (Å²) in [6.07, 6.45) is 0. The SMILES string of the molecule is O=S(=O)(Cc1nnc(-c2cc(-c3ccc(Br)s3)[nH]n2)o1)c1ccc(Cl)cc1. The molecule has 0 atom stereocenters. The summed E-state index contributed by atoms with van der Waals surface area (Å²) in [5.41, 5.74) is 1.24. The molecule has 11 heteroatoms. The van der Waals surface area contributed by atoms with E-state index in [1.54, 1.807) is 17.4 Å². The van der Waals surface area contributed by atoms with Crippen LogP contribution < -0.4 is 0 Å². The highest BCUT2D eigenvalue weighted by molar-refractivity contribution is 9.11. The molecule has 0 aliphatic carbocycles. The molecule has 138 valence electrons. The Kier molecular flexibility index (Phi) is 4.89. The number of sulfone groups is 1. The summed E-state index contributed by atoms with van der Waals surface area (Å²) in [6, 6.07) is 11.6. The molecule has 0 aliphatic heterocycles. The van der Waals surface area contributed by atoms with E-state index in [0.29, 0.717) is 10.7 Å². The zero-order chi connectivity index (χ0) is 19.0. The fourth-order valence-corrected chi connectivity index (χ4v) is 4.96. The van der Waals surface area contributed by atoms with Crippen LogP contribution in [0, 0.1) is 0 Å². The van der Waals surface area contributed by atoms with Crippen LogP contribution in [0.2, 0.25) is 5.02 Å². The zero-order valence-corrected chi connectivity index (χ0v) is 17.4. The first kappa shape index (κ1) is 18.4. The second-order valence-corrected chi connectivity index (χ2v) is 10.4. The third-order valence-electron chi connectivity index (χ3n) is 3.59. The number of halogens is 2. The van der Waals surface area contributed by atoms with Crippen LogP contribution in [0.5, 0.6) is 0 Å². The van der Waals surface area contributed by atoms with Gasteiger partial charge in [0.1, 0.15) is 11.4 Å². The summed E-state index contributed by atoms with van der Waals surface area (Å²) < 4.78 is 31.4. The first-order valence-corrected chi connectivity index (χ1v) is 11.2. The van der Waals surface area contributed by atoms with E-state index in [2.05, 4.69) is 36.3 Å². The van der Waals surface area contributed by atoms with Crippen molar-refractivity contribution < 1.29 is 12.8 Å². The van der Waals surface area contributed by atoms with Crippen molar-refractivity contribution in [3.05, 3.63) is 57.2 Å². The fraction of sp³-hybridized carbons (Fsp3) is 0.0625. The third-order valence-corrected chi connectivity index (χ3v) is 7.12. The van der Waals surface area contributed by atoms with Crippen LogP contribution in [0.1, 0.15) is 5.89 Å². The van der Waals surface area contributed by atoms with Gasteiger partial charge in [-0.1, -0.05) is 11.6 Å². The Bertz CT molecular complexity index is 1200. The van der Waals surface area contributed by atoms with Crippen molar-refractivity contribution in [3.63, 3.8) is 0 Å². The molecule has 0 saturated carbocycles. The number of hydrogen-bond donors (Lipinski definition) is 1. The Morgan fingerprint density at radius 3 is 2.63 bits per heavy atom. The van der Waals surface area contributed by atoms with Crippen LogP contribution in [-0.2, 0) is 15.6 Å². The molecule has 0 radical (unpaired) electrons. The second kappa shape index (κ2) is 7.19. The highest BCUT2D eigenvalue weighted by atomic mass is 79.9. The number of thiophene rings is 1. The van der Waals surface area contributed by atoms with Crippen molar-refractivity contribution >= 4 is 48.7 Å². The van der Waals surface area contributed by atoms with E-state index < -0.39 is 15.6 Å². The number of benzene rings is 1. The van der Waals surface area contributed by atoms with E-state index in [1.807, 2.05) is 12.1 Å². The fourth-order valence-electron chi connectivity index (χ4n) is 2.32. The van der Waals surface area contributed by atoms with E-state index in [0.717, 1.165) is 14.4 Å². The van der Waals surface area contributed by atoms with Crippen LogP contribution >= 0.6 is 38.9 Å². The van der Waals surface area contributed by atoms with Gasteiger partial charge in [-0.15, -0.1) is 21.5 Å². The van der Waals surface area contributed by atoms with Crippen molar-refractivity contribution in [2.24, 2.45) is 0 Å². The molecule has 3 heterocycles. The Hall–Kier alpha value is -2.01. The topological polar surface area (TPSA) is 102 Å². The minimum absolute atomic E-state index is 0.0108. The molecule has 0 aliphatic rings. The average molecular weight is 486 g/mol. The highest BCUT2D eigenvalue weighted by Crippen LogP contribution is 2.31. The van der Waals surface area contributed by atoms with Gasteiger partial charge in [0.15, 0.2) is 9.84 Å². The van der Waals surface area contributed by atoms with Gasteiger partial charge >= 0.3 is 0 Å². The minimum atomic E-state index is -3.62. The van der Waals surface area contributed by atoms with Crippen LogP contribution in [0.3, 0.4) is 0 Å². The van der Waals surface area contributed by atoms with Gasteiger partial charge < -0.3 is 4.42 Å². The lowest BCUT2D eigenvalue weighted by molar-refractivity contribution is 0.516. The first-order chi connectivity index (χ1) is 12.9. The van der Waals surface area contributed by atoms with Crippen molar-refractivity contribution in [1.82, 2.24) is 20.4 Å². The number of rotatable bonds is 5. The molecule has 0 amide bonds. The molecule has 0 spiro atoms. The van der Waals surface area contributed by atoms with Crippen molar-refractivity contribution in [2.75, 3.05) is 0 Å². The molecular weight excluding hydrogens is 476 g/mol. The van der Waals surface area contributed by atoms with Crippen molar-refractivity contribution in [1.29, 1.82) is 0 Å². The molecule has 3 aromatic heterocycles. The van der Waals surface area contributed by atoms with Gasteiger partial charge in [-0.3, -0.25) is 5.10 Å². The predicted octanol–water partition coefficient (Wildman–Crippen LogP) is 4.58. The van der Waals surface area contributed by atoms with Crippen molar-refractivity contribution in [2.45, 2.75) is 10.6 Å². The Morgan fingerprint density at radius 1 is 1.15 bits per heavy atom. The standard InChI is InChI=1S/C16H10BrClN4O3S2/c17-14-6-5-13(26-14)11-7-12(20-19-11)16-22-21-15(25-16)8-27(23,24)10-3-1-9(18)2-4-10/h1-7H,8H2,(H,19,20). The quantitative estimate of drug-likeness (QED) is 0.444. The Morgan fingerprint density at radius 2 is 1.93 bits per heavy atom. The van der Waals surface area contributed by atoms with Gasteiger partial charge in [0.2, 0.25) is 5.89 Å². The van der Waals surface area contributed by atoms with Crippen LogP contribution in [-0.4, -0.2) is 28.8 Å². The summed E-state index contributed by atoms with van der Waals surface area (Å²) in [4.78, 5) is 1.13. The van der Waals surface area contributed by atoms with Gasteiger partial charge in [-0.05, 0) is 58.4 Å². The van der Waals surface area contributed by atoms with Gasteiger partial charge in [-0.25, -0.2) is 8.42 Å². The molecule has 0 fully saturated rings. The van der Waals surface area contributed by atoms with Crippen LogP contribution in [0.25, 0.3) is 22.2 Å². The molecule has 0 bridgehead atoms. The van der Waals surface area contributed by atoms with Gasteiger partial charge in [0, 0.05) is 5.02 Å². The lowest BCUT2D eigenvalue weighted by Gasteiger charge is -2.01. The molecule has 7 nitrogen and oxygen atoms in total. The Labute approximate surface area is 171 Å². The maximum atomic E-state index is 12.5. The maximum absolute atomic E-state index is 12.5. The molecule has 4 aromatic rings. The lowest BCUT2D eigenvalue weighted by Crippen LogP contribution is -2.05. The van der Waals surface area contributed by atoms with Crippen LogP contribution in [0.4, 0.5) is 0 Å². The summed E-state index contributed by atoms with van der Waals surface area (Å²) >= 11 is 10.8. The summed E-state index contributed by atoms with van der Waals surface area (Å²) in [6.45, 7) is 0.